The average Bonchev–Trinajstić information content (AvgIpc) is 2.87. The minimum atomic E-state index is -1.42. The van der Waals surface area contributed by atoms with Crippen molar-refractivity contribution in [1.29, 1.82) is 0 Å². The molecule has 4 rings (SSSR count). The first-order valence-corrected chi connectivity index (χ1v) is 13.6. The second-order valence-electron chi connectivity index (χ2n) is 11.8. The van der Waals surface area contributed by atoms with Crippen LogP contribution in [0.5, 0.6) is 0 Å². The van der Waals surface area contributed by atoms with Gasteiger partial charge in [0.15, 0.2) is 0 Å². The Morgan fingerprint density at radius 1 is 1.02 bits per heavy atom. The highest BCUT2D eigenvalue weighted by Gasteiger charge is 2.30. The second-order valence-corrected chi connectivity index (χ2v) is 11.8. The molecule has 3 amide bonds. The van der Waals surface area contributed by atoms with Gasteiger partial charge in [-0.1, -0.05) is 5.57 Å². The normalized spacial score (nSPS) is 14.0. The molecule has 216 valence electrons. The number of aliphatic hydroxyl groups is 1. The number of nitrogens with zero attached hydrogens (tertiary/aromatic N) is 3. The van der Waals surface area contributed by atoms with Crippen LogP contribution in [0.1, 0.15) is 53.0 Å². The van der Waals surface area contributed by atoms with Crippen molar-refractivity contribution in [3.63, 3.8) is 0 Å². The van der Waals surface area contributed by atoms with Crippen LogP contribution >= 0.6 is 0 Å². The molecule has 3 N–H and O–H groups in total. The van der Waals surface area contributed by atoms with Crippen LogP contribution in [0, 0.1) is 6.92 Å². The molecule has 0 radical (unpaired) electrons. The molecule has 0 saturated carbocycles. The first-order chi connectivity index (χ1) is 19.2. The lowest BCUT2D eigenvalue weighted by Gasteiger charge is -2.32. The number of carbonyl (C=O) groups is 3. The number of benzene rings is 1. The monoisotopic (exact) mass is 559 g/mol. The number of carbonyl (C=O) groups excluding carboxylic acids is 3. The SMILES string of the molecule is Cc1ccncc1-c1cc(NC(=O)OC(C)(C)C)c2cnc(NC(=O)C=C3CCN(C(=O)C(C)(C)O)CC3)cc2c1. The molecule has 0 unspecified atom stereocenters. The fraction of sp³-hybridized carbons (Fsp3) is 0.387. The zero-order valence-corrected chi connectivity index (χ0v) is 24.4. The Morgan fingerprint density at radius 3 is 2.37 bits per heavy atom. The Kier molecular flexibility index (Phi) is 8.44. The summed E-state index contributed by atoms with van der Waals surface area (Å²) >= 11 is 0. The van der Waals surface area contributed by atoms with Crippen molar-refractivity contribution < 1.29 is 24.2 Å². The highest BCUT2D eigenvalue weighted by Crippen LogP contribution is 2.33. The maximum Gasteiger partial charge on any atom is 0.412 e. The summed E-state index contributed by atoms with van der Waals surface area (Å²) in [5, 5.41) is 17.1. The minimum Gasteiger partial charge on any atom is -0.444 e. The molecule has 0 atom stereocenters. The summed E-state index contributed by atoms with van der Waals surface area (Å²) in [6, 6.07) is 7.49. The minimum absolute atomic E-state index is 0.317. The smallest absolute Gasteiger partial charge is 0.412 e. The molecule has 3 heterocycles. The third-order valence-electron chi connectivity index (χ3n) is 6.63. The van der Waals surface area contributed by atoms with Gasteiger partial charge < -0.3 is 20.1 Å². The number of nitrogens with one attached hydrogen (secondary N) is 2. The molecule has 10 heteroatoms. The molecule has 41 heavy (non-hydrogen) atoms. The van der Waals surface area contributed by atoms with Crippen molar-refractivity contribution in [1.82, 2.24) is 14.9 Å². The van der Waals surface area contributed by atoms with Crippen LogP contribution in [0.4, 0.5) is 16.3 Å². The van der Waals surface area contributed by atoms with Gasteiger partial charge in [-0.3, -0.25) is 19.9 Å². The zero-order valence-electron chi connectivity index (χ0n) is 24.4. The van der Waals surface area contributed by atoms with E-state index in [1.807, 2.05) is 25.1 Å². The molecule has 1 saturated heterocycles. The predicted octanol–water partition coefficient (Wildman–Crippen LogP) is 5.21. The molecule has 2 aromatic heterocycles. The maximum absolute atomic E-state index is 12.8. The van der Waals surface area contributed by atoms with E-state index in [0.29, 0.717) is 42.8 Å². The highest BCUT2D eigenvalue weighted by atomic mass is 16.6. The van der Waals surface area contributed by atoms with E-state index in [0.717, 1.165) is 27.6 Å². The number of aryl methyl sites for hydroxylation is 1. The van der Waals surface area contributed by atoms with Gasteiger partial charge in [-0.25, -0.2) is 9.78 Å². The summed E-state index contributed by atoms with van der Waals surface area (Å²) in [6.07, 6.45) is 7.15. The largest absolute Gasteiger partial charge is 0.444 e. The van der Waals surface area contributed by atoms with Gasteiger partial charge in [0.1, 0.15) is 17.0 Å². The summed E-state index contributed by atoms with van der Waals surface area (Å²) in [4.78, 5) is 48.1. The fourth-order valence-corrected chi connectivity index (χ4v) is 4.64. The molecule has 0 bridgehead atoms. The molecule has 1 aliphatic heterocycles. The number of pyridine rings is 2. The standard InChI is InChI=1S/C31H37N5O5/c1-19-7-10-32-17-23(19)21-14-22-16-26(33-18-24(22)25(15-21)34-29(39)41-30(2,3)4)35-27(37)13-20-8-11-36(12-9-20)28(38)31(5,6)40/h7,10,13-18,40H,8-9,11-12H2,1-6H3,(H,34,39)(H,33,35,37). The van der Waals surface area contributed by atoms with E-state index in [1.165, 1.54) is 13.8 Å². The van der Waals surface area contributed by atoms with Gasteiger partial charge in [-0.2, -0.15) is 0 Å². The summed E-state index contributed by atoms with van der Waals surface area (Å²) < 4.78 is 5.46. The van der Waals surface area contributed by atoms with Crippen LogP contribution in [-0.4, -0.2) is 62.2 Å². The summed E-state index contributed by atoms with van der Waals surface area (Å²) in [5.41, 5.74) is 2.13. The quantitative estimate of drug-likeness (QED) is 0.365. The third kappa shape index (κ3) is 7.67. The van der Waals surface area contributed by atoms with Crippen LogP contribution < -0.4 is 10.6 Å². The highest BCUT2D eigenvalue weighted by molar-refractivity contribution is 6.05. The van der Waals surface area contributed by atoms with Crippen LogP contribution in [0.2, 0.25) is 0 Å². The Bertz CT molecular complexity index is 1510. The number of piperidine rings is 1. The number of likely N-dealkylation sites (tertiary alicyclic amines) is 1. The van der Waals surface area contributed by atoms with E-state index in [2.05, 4.69) is 20.6 Å². The molecule has 0 aliphatic carbocycles. The Labute approximate surface area is 239 Å². The Balaban J connectivity index is 1.57. The number of hydrogen-bond acceptors (Lipinski definition) is 7. The molecule has 0 spiro atoms. The summed E-state index contributed by atoms with van der Waals surface area (Å²) in [7, 11) is 0. The van der Waals surface area contributed by atoms with Crippen LogP contribution in [0.25, 0.3) is 21.9 Å². The van der Waals surface area contributed by atoms with Crippen molar-refractivity contribution in [3.05, 3.63) is 60.1 Å². The predicted molar refractivity (Wildman–Crippen MR) is 158 cm³/mol. The maximum atomic E-state index is 12.8. The summed E-state index contributed by atoms with van der Waals surface area (Å²) in [5.74, 6) is -0.277. The van der Waals surface area contributed by atoms with E-state index >= 15 is 0 Å². The van der Waals surface area contributed by atoms with Crippen molar-refractivity contribution in [2.75, 3.05) is 23.7 Å². The van der Waals surface area contributed by atoms with Gasteiger partial charge in [0.05, 0.1) is 5.69 Å². The molecular formula is C31H37N5O5. The second kappa shape index (κ2) is 11.7. The lowest BCUT2D eigenvalue weighted by atomic mass is 9.99. The Morgan fingerprint density at radius 2 is 1.73 bits per heavy atom. The number of amides is 3. The Hall–Kier alpha value is -4.31. The number of anilines is 2. The van der Waals surface area contributed by atoms with Gasteiger partial charge in [0.25, 0.3) is 5.91 Å². The van der Waals surface area contributed by atoms with Gasteiger partial charge >= 0.3 is 6.09 Å². The van der Waals surface area contributed by atoms with E-state index in [9.17, 15) is 19.5 Å². The molecule has 1 aliphatic rings. The van der Waals surface area contributed by atoms with Gasteiger partial charge in [0.2, 0.25) is 5.91 Å². The van der Waals surface area contributed by atoms with Crippen LogP contribution in [-0.2, 0) is 14.3 Å². The van der Waals surface area contributed by atoms with Crippen molar-refractivity contribution in [2.24, 2.45) is 0 Å². The first-order valence-electron chi connectivity index (χ1n) is 13.6. The van der Waals surface area contributed by atoms with Crippen LogP contribution in [0.3, 0.4) is 0 Å². The number of rotatable bonds is 5. The fourth-order valence-electron chi connectivity index (χ4n) is 4.64. The topological polar surface area (TPSA) is 134 Å². The lowest BCUT2D eigenvalue weighted by Crippen LogP contribution is -2.47. The van der Waals surface area contributed by atoms with Crippen molar-refractivity contribution in [2.45, 2.75) is 65.6 Å². The molecule has 10 nitrogen and oxygen atoms in total. The average molecular weight is 560 g/mol. The van der Waals surface area contributed by atoms with E-state index in [1.54, 1.807) is 56.4 Å². The van der Waals surface area contributed by atoms with Crippen molar-refractivity contribution >= 4 is 40.2 Å². The van der Waals surface area contributed by atoms with Gasteiger partial charge in [0, 0.05) is 48.7 Å². The van der Waals surface area contributed by atoms with E-state index in [-0.39, 0.29) is 11.8 Å². The first kappa shape index (κ1) is 29.7. The number of aromatic nitrogens is 2. The zero-order chi connectivity index (χ0) is 29.9. The van der Waals surface area contributed by atoms with E-state index in [4.69, 9.17) is 4.74 Å². The van der Waals surface area contributed by atoms with Gasteiger partial charge in [-0.05, 0) is 95.2 Å². The van der Waals surface area contributed by atoms with Crippen molar-refractivity contribution in [3.8, 4) is 11.1 Å². The molecule has 3 aromatic rings. The number of fused-ring (bicyclic) bond motifs is 1. The number of ether oxygens (including phenoxy) is 1. The van der Waals surface area contributed by atoms with Crippen LogP contribution in [0.15, 0.2) is 54.5 Å². The molecule has 1 fully saturated rings. The molecular weight excluding hydrogens is 522 g/mol. The summed E-state index contributed by atoms with van der Waals surface area (Å²) in [6.45, 7) is 11.2. The molecule has 1 aromatic carbocycles. The van der Waals surface area contributed by atoms with Gasteiger partial charge in [-0.15, -0.1) is 0 Å². The van der Waals surface area contributed by atoms with E-state index < -0.39 is 17.3 Å². The number of hydrogen-bond donors (Lipinski definition) is 3. The third-order valence-corrected chi connectivity index (χ3v) is 6.63. The lowest BCUT2D eigenvalue weighted by molar-refractivity contribution is -0.148.